The van der Waals surface area contributed by atoms with Gasteiger partial charge in [0.2, 0.25) is 0 Å². The Morgan fingerprint density at radius 3 is 2.54 bits per heavy atom. The molecular formula is C36H48N4O6. The van der Waals surface area contributed by atoms with Gasteiger partial charge in [0.15, 0.2) is 0 Å². The number of ether oxygens (including phenoxy) is 4. The molecule has 0 bridgehead atoms. The lowest BCUT2D eigenvalue weighted by Crippen LogP contribution is -2.65. The van der Waals surface area contributed by atoms with Gasteiger partial charge in [0.05, 0.1) is 17.3 Å². The lowest BCUT2D eigenvalue weighted by atomic mass is 9.62. The number of fused-ring (bicyclic) bond motifs is 1. The van der Waals surface area contributed by atoms with Gasteiger partial charge in [0.25, 0.3) is 0 Å². The number of amides is 2. The molecule has 1 atom stereocenters. The fraction of sp³-hybridized carbons (Fsp3) is 0.639. The summed E-state index contributed by atoms with van der Waals surface area (Å²) in [7, 11) is 0. The van der Waals surface area contributed by atoms with Crippen molar-refractivity contribution in [3.05, 3.63) is 59.4 Å². The van der Waals surface area contributed by atoms with Crippen molar-refractivity contribution in [3.8, 4) is 5.75 Å². The van der Waals surface area contributed by atoms with Gasteiger partial charge >= 0.3 is 12.2 Å². The van der Waals surface area contributed by atoms with Crippen LogP contribution in [-0.4, -0.2) is 95.1 Å². The van der Waals surface area contributed by atoms with Crippen LogP contribution in [0.2, 0.25) is 0 Å². The zero-order valence-electron chi connectivity index (χ0n) is 27.5. The maximum atomic E-state index is 13.5. The van der Waals surface area contributed by atoms with E-state index in [9.17, 15) is 9.59 Å². The molecule has 1 saturated carbocycles. The molecule has 2 amide bonds. The number of carbonyl (C=O) groups is 2. The van der Waals surface area contributed by atoms with Gasteiger partial charge in [-0.1, -0.05) is 30.3 Å². The van der Waals surface area contributed by atoms with E-state index in [-0.39, 0.29) is 42.0 Å². The number of nitrogens with zero attached hydrogens (tertiary/aromatic N) is 4. The SMILES string of the molecule is CC(C)(C)OC(=O)N1CCc2nccc(OC3CC4(C3)CN(C(=O)OCc3ccccc3)C4)c2C1CCCN1CC2(CCCO2)C1. The highest BCUT2D eigenvalue weighted by Crippen LogP contribution is 2.51. The van der Waals surface area contributed by atoms with Crippen LogP contribution in [0.15, 0.2) is 42.6 Å². The van der Waals surface area contributed by atoms with E-state index >= 15 is 0 Å². The van der Waals surface area contributed by atoms with Crippen LogP contribution < -0.4 is 4.74 Å². The first-order chi connectivity index (χ1) is 22.1. The molecule has 248 valence electrons. The number of aromatic nitrogens is 1. The Morgan fingerprint density at radius 1 is 1.04 bits per heavy atom. The minimum absolute atomic E-state index is 0.0650. The number of benzene rings is 1. The van der Waals surface area contributed by atoms with Crippen molar-refractivity contribution in [2.45, 2.75) is 95.7 Å². The molecule has 3 saturated heterocycles. The molecule has 0 N–H and O–H groups in total. The molecule has 4 fully saturated rings. The molecule has 2 aromatic rings. The van der Waals surface area contributed by atoms with Crippen LogP contribution in [0.5, 0.6) is 5.75 Å². The van der Waals surface area contributed by atoms with Crippen LogP contribution >= 0.6 is 0 Å². The summed E-state index contributed by atoms with van der Waals surface area (Å²) < 4.78 is 24.1. The van der Waals surface area contributed by atoms with E-state index in [0.29, 0.717) is 26.1 Å². The second-order valence-electron chi connectivity index (χ2n) is 15.1. The minimum Gasteiger partial charge on any atom is -0.490 e. The maximum Gasteiger partial charge on any atom is 0.410 e. The molecule has 2 spiro atoms. The third-order valence-corrected chi connectivity index (χ3v) is 10.3. The molecule has 4 aliphatic heterocycles. The molecule has 10 heteroatoms. The maximum absolute atomic E-state index is 13.5. The lowest BCUT2D eigenvalue weighted by molar-refractivity contribution is -0.111. The van der Waals surface area contributed by atoms with Crippen LogP contribution in [0.25, 0.3) is 0 Å². The summed E-state index contributed by atoms with van der Waals surface area (Å²) in [6.45, 7) is 11.9. The van der Waals surface area contributed by atoms with E-state index in [1.807, 2.05) is 68.3 Å². The summed E-state index contributed by atoms with van der Waals surface area (Å²) >= 11 is 0. The molecule has 46 heavy (non-hydrogen) atoms. The highest BCUT2D eigenvalue weighted by atomic mass is 16.6. The Labute approximate surface area is 272 Å². The van der Waals surface area contributed by atoms with Gasteiger partial charge in [-0.25, -0.2) is 9.59 Å². The average molecular weight is 633 g/mol. The monoisotopic (exact) mass is 632 g/mol. The minimum atomic E-state index is -0.575. The average Bonchev–Trinajstić information content (AvgIpc) is 3.46. The number of pyridine rings is 1. The van der Waals surface area contributed by atoms with Gasteiger partial charge in [-0.3, -0.25) is 9.88 Å². The van der Waals surface area contributed by atoms with Crippen LogP contribution in [0.1, 0.15) is 82.2 Å². The van der Waals surface area contributed by atoms with Crippen LogP contribution in [0, 0.1) is 5.41 Å². The fourth-order valence-electron chi connectivity index (χ4n) is 8.10. The third-order valence-electron chi connectivity index (χ3n) is 10.3. The number of likely N-dealkylation sites (tertiary alicyclic amines) is 2. The quantitative estimate of drug-likeness (QED) is 0.364. The summed E-state index contributed by atoms with van der Waals surface area (Å²) in [6, 6.07) is 11.6. The van der Waals surface area contributed by atoms with E-state index < -0.39 is 5.60 Å². The Morgan fingerprint density at radius 2 is 1.83 bits per heavy atom. The zero-order chi connectivity index (χ0) is 31.9. The molecule has 10 nitrogen and oxygen atoms in total. The van der Waals surface area contributed by atoms with Crippen molar-refractivity contribution >= 4 is 12.2 Å². The molecular weight excluding hydrogens is 584 g/mol. The summed E-state index contributed by atoms with van der Waals surface area (Å²) in [6.07, 6.45) is 7.91. The molecule has 1 aliphatic carbocycles. The van der Waals surface area contributed by atoms with Gasteiger partial charge in [0.1, 0.15) is 24.1 Å². The van der Waals surface area contributed by atoms with E-state index in [1.54, 1.807) is 4.90 Å². The van der Waals surface area contributed by atoms with Gasteiger partial charge in [-0.2, -0.15) is 0 Å². The Kier molecular flexibility index (Phi) is 8.38. The summed E-state index contributed by atoms with van der Waals surface area (Å²) in [4.78, 5) is 37.0. The number of rotatable bonds is 8. The van der Waals surface area contributed by atoms with Gasteiger partial charge in [-0.15, -0.1) is 0 Å². The summed E-state index contributed by atoms with van der Waals surface area (Å²) in [5.74, 6) is 0.823. The largest absolute Gasteiger partial charge is 0.490 e. The van der Waals surface area contributed by atoms with Crippen molar-refractivity contribution < 1.29 is 28.5 Å². The second-order valence-corrected chi connectivity index (χ2v) is 15.1. The normalized spacial score (nSPS) is 23.3. The van der Waals surface area contributed by atoms with E-state index in [4.69, 9.17) is 23.9 Å². The first kappa shape index (κ1) is 31.2. The smallest absolute Gasteiger partial charge is 0.410 e. The molecule has 5 aliphatic rings. The predicted molar refractivity (Wildman–Crippen MR) is 171 cm³/mol. The Bertz CT molecular complexity index is 1400. The van der Waals surface area contributed by atoms with Gasteiger partial charge in [-0.05, 0) is 77.5 Å². The van der Waals surface area contributed by atoms with Crippen molar-refractivity contribution in [2.24, 2.45) is 5.41 Å². The second kappa shape index (κ2) is 12.3. The van der Waals surface area contributed by atoms with Crippen LogP contribution in [0.3, 0.4) is 0 Å². The topological polar surface area (TPSA) is 93.7 Å². The molecule has 1 unspecified atom stereocenters. The Hall–Kier alpha value is -3.37. The van der Waals surface area contributed by atoms with E-state index in [2.05, 4.69) is 4.90 Å². The number of carbonyl (C=O) groups excluding carboxylic acids is 2. The van der Waals surface area contributed by atoms with Gasteiger partial charge < -0.3 is 28.7 Å². The molecule has 7 rings (SSSR count). The highest BCUT2D eigenvalue weighted by Gasteiger charge is 2.55. The molecule has 5 heterocycles. The van der Waals surface area contributed by atoms with Crippen LogP contribution in [0.4, 0.5) is 9.59 Å². The predicted octanol–water partition coefficient (Wildman–Crippen LogP) is 5.74. The van der Waals surface area contributed by atoms with Crippen molar-refractivity contribution in [3.63, 3.8) is 0 Å². The summed E-state index contributed by atoms with van der Waals surface area (Å²) in [5.41, 5.74) is 2.64. The third kappa shape index (κ3) is 6.56. The van der Waals surface area contributed by atoms with Crippen LogP contribution in [-0.2, 0) is 27.2 Å². The van der Waals surface area contributed by atoms with Crippen molar-refractivity contribution in [1.29, 1.82) is 0 Å². The first-order valence-electron chi connectivity index (χ1n) is 17.1. The standard InChI is InChI=1S/C36H48N4O6/c1-34(2,3)46-33(42)40-17-13-28-31(29(40)11-7-16-38-24-36(25-38)14-8-18-44-36)30(12-15-37-28)45-27-19-35(20-27)22-39(23-35)32(41)43-21-26-9-5-4-6-10-26/h4-6,9-10,12,15,27,29H,7-8,11,13-14,16-25H2,1-3H3. The van der Waals surface area contributed by atoms with E-state index in [0.717, 1.165) is 87.3 Å². The van der Waals surface area contributed by atoms with Crippen molar-refractivity contribution in [1.82, 2.24) is 19.7 Å². The fourth-order valence-corrected chi connectivity index (χ4v) is 8.10. The summed E-state index contributed by atoms with van der Waals surface area (Å²) in [5, 5.41) is 0. The molecule has 1 aromatic heterocycles. The highest BCUT2D eigenvalue weighted by molar-refractivity contribution is 5.70. The van der Waals surface area contributed by atoms with Crippen molar-refractivity contribution in [2.75, 3.05) is 45.9 Å². The number of hydrogen-bond donors (Lipinski definition) is 0. The lowest BCUT2D eigenvalue weighted by Gasteiger charge is -2.57. The molecule has 1 aromatic carbocycles. The van der Waals surface area contributed by atoms with Gasteiger partial charge in [0, 0.05) is 62.9 Å². The van der Waals surface area contributed by atoms with E-state index in [1.165, 1.54) is 0 Å². The Balaban J connectivity index is 0.973. The first-order valence-corrected chi connectivity index (χ1v) is 17.1. The number of hydrogen-bond acceptors (Lipinski definition) is 8. The zero-order valence-corrected chi connectivity index (χ0v) is 27.5. The molecule has 0 radical (unpaired) electrons.